The van der Waals surface area contributed by atoms with E-state index in [0.717, 1.165) is 11.3 Å². The molecule has 1 aromatic carbocycles. The van der Waals surface area contributed by atoms with Crippen LogP contribution >= 0.6 is 0 Å². The standard InChI is InChI=1S/C21H32N2O4/c1-15(17-9-7-8-10-18(17)26-6)22(5)19(24)16-11-13-23(14-12-16)20(25)27-21(2,3)4/h7-10,15-16H,11-14H2,1-6H3/t15-/m1/s1. The molecule has 0 saturated carbocycles. The third-order valence-electron chi connectivity index (χ3n) is 5.01. The first-order valence-corrected chi connectivity index (χ1v) is 9.51. The molecule has 1 atom stereocenters. The van der Waals surface area contributed by atoms with Crippen LogP contribution in [0.2, 0.25) is 0 Å². The third-order valence-corrected chi connectivity index (χ3v) is 5.01. The molecule has 150 valence electrons. The number of carbonyl (C=O) groups excluding carboxylic acids is 2. The van der Waals surface area contributed by atoms with Crippen LogP contribution in [0.5, 0.6) is 5.75 Å². The van der Waals surface area contributed by atoms with E-state index in [1.165, 1.54) is 0 Å². The Balaban J connectivity index is 1.96. The zero-order valence-corrected chi connectivity index (χ0v) is 17.3. The minimum absolute atomic E-state index is 0.0779. The molecule has 2 rings (SSSR count). The van der Waals surface area contributed by atoms with Crippen molar-refractivity contribution in [1.82, 2.24) is 9.80 Å². The average Bonchev–Trinajstić information content (AvgIpc) is 2.65. The molecule has 6 nitrogen and oxygen atoms in total. The van der Waals surface area contributed by atoms with Crippen molar-refractivity contribution >= 4 is 12.0 Å². The van der Waals surface area contributed by atoms with Gasteiger partial charge in [0.1, 0.15) is 11.4 Å². The van der Waals surface area contributed by atoms with E-state index >= 15 is 0 Å². The second-order valence-corrected chi connectivity index (χ2v) is 8.11. The fourth-order valence-electron chi connectivity index (χ4n) is 3.33. The normalized spacial score (nSPS) is 16.6. The number of likely N-dealkylation sites (tertiary alicyclic amines) is 1. The molecule has 0 unspecified atom stereocenters. The van der Waals surface area contributed by atoms with Gasteiger partial charge in [-0.3, -0.25) is 4.79 Å². The average molecular weight is 376 g/mol. The van der Waals surface area contributed by atoms with Gasteiger partial charge in [-0.25, -0.2) is 4.79 Å². The van der Waals surface area contributed by atoms with E-state index in [-0.39, 0.29) is 24.0 Å². The Morgan fingerprint density at radius 2 is 1.78 bits per heavy atom. The summed E-state index contributed by atoms with van der Waals surface area (Å²) in [5.74, 6) is 0.812. The first kappa shape index (κ1) is 21.1. The van der Waals surface area contributed by atoms with Gasteiger partial charge in [0.05, 0.1) is 13.2 Å². The van der Waals surface area contributed by atoms with Crippen molar-refractivity contribution in [2.24, 2.45) is 5.92 Å². The van der Waals surface area contributed by atoms with Crippen LogP contribution in [0.1, 0.15) is 52.1 Å². The first-order chi connectivity index (χ1) is 12.6. The van der Waals surface area contributed by atoms with Crippen molar-refractivity contribution < 1.29 is 19.1 Å². The first-order valence-electron chi connectivity index (χ1n) is 9.51. The highest BCUT2D eigenvalue weighted by Gasteiger charge is 2.32. The Labute approximate surface area is 162 Å². The van der Waals surface area contributed by atoms with Crippen LogP contribution in [0.4, 0.5) is 4.79 Å². The van der Waals surface area contributed by atoms with Gasteiger partial charge in [-0.2, -0.15) is 0 Å². The monoisotopic (exact) mass is 376 g/mol. The summed E-state index contributed by atoms with van der Waals surface area (Å²) in [6.07, 6.45) is 1.01. The smallest absolute Gasteiger partial charge is 0.410 e. The van der Waals surface area contributed by atoms with Gasteiger partial charge in [0.25, 0.3) is 0 Å². The zero-order chi connectivity index (χ0) is 20.2. The van der Waals surface area contributed by atoms with E-state index in [4.69, 9.17) is 9.47 Å². The van der Waals surface area contributed by atoms with Gasteiger partial charge in [0, 0.05) is 31.6 Å². The second kappa shape index (κ2) is 8.63. The van der Waals surface area contributed by atoms with Gasteiger partial charge >= 0.3 is 6.09 Å². The van der Waals surface area contributed by atoms with E-state index < -0.39 is 5.60 Å². The van der Waals surface area contributed by atoms with Crippen LogP contribution in [0.25, 0.3) is 0 Å². The van der Waals surface area contributed by atoms with Gasteiger partial charge in [-0.15, -0.1) is 0 Å². The predicted molar refractivity (Wildman–Crippen MR) is 105 cm³/mol. The van der Waals surface area contributed by atoms with Gasteiger partial charge < -0.3 is 19.3 Å². The fourth-order valence-corrected chi connectivity index (χ4v) is 3.33. The summed E-state index contributed by atoms with van der Waals surface area (Å²) in [7, 11) is 3.47. The number of piperidine rings is 1. The maximum Gasteiger partial charge on any atom is 0.410 e. The van der Waals surface area contributed by atoms with Crippen LogP contribution in [-0.4, -0.2) is 54.6 Å². The van der Waals surface area contributed by atoms with Crippen LogP contribution < -0.4 is 4.74 Å². The highest BCUT2D eigenvalue weighted by Crippen LogP contribution is 2.30. The summed E-state index contributed by atoms with van der Waals surface area (Å²) in [5, 5.41) is 0. The van der Waals surface area contributed by atoms with Crippen molar-refractivity contribution in [1.29, 1.82) is 0 Å². The summed E-state index contributed by atoms with van der Waals surface area (Å²) in [6.45, 7) is 8.66. The number of amides is 2. The number of ether oxygens (including phenoxy) is 2. The molecule has 27 heavy (non-hydrogen) atoms. The molecule has 0 N–H and O–H groups in total. The summed E-state index contributed by atoms with van der Waals surface area (Å²) < 4.78 is 10.8. The molecule has 6 heteroatoms. The molecule has 1 heterocycles. The lowest BCUT2D eigenvalue weighted by molar-refractivity contribution is -0.137. The molecule has 1 aliphatic rings. The minimum Gasteiger partial charge on any atom is -0.496 e. The largest absolute Gasteiger partial charge is 0.496 e. The van der Waals surface area contributed by atoms with Crippen molar-refractivity contribution in [2.45, 2.75) is 52.2 Å². The molecule has 0 spiro atoms. The van der Waals surface area contributed by atoms with Crippen LogP contribution in [0.3, 0.4) is 0 Å². The summed E-state index contributed by atoms with van der Waals surface area (Å²) >= 11 is 0. The van der Waals surface area contributed by atoms with Crippen molar-refractivity contribution in [3.8, 4) is 5.75 Å². The number of hydrogen-bond donors (Lipinski definition) is 0. The van der Waals surface area contributed by atoms with E-state index in [9.17, 15) is 9.59 Å². The lowest BCUT2D eigenvalue weighted by atomic mass is 9.94. The molecule has 0 radical (unpaired) electrons. The maximum absolute atomic E-state index is 13.0. The Kier molecular flexibility index (Phi) is 6.73. The molecule has 2 amide bonds. The van der Waals surface area contributed by atoms with Gasteiger partial charge in [0.15, 0.2) is 0 Å². The number of hydrogen-bond acceptors (Lipinski definition) is 4. The molecule has 0 aromatic heterocycles. The topological polar surface area (TPSA) is 59.1 Å². The summed E-state index contributed by atoms with van der Waals surface area (Å²) in [4.78, 5) is 28.6. The molecule has 1 aliphatic heterocycles. The fraction of sp³-hybridized carbons (Fsp3) is 0.619. The second-order valence-electron chi connectivity index (χ2n) is 8.11. The summed E-state index contributed by atoms with van der Waals surface area (Å²) in [5.41, 5.74) is 0.482. The Hall–Kier alpha value is -2.24. The van der Waals surface area contributed by atoms with Crippen molar-refractivity contribution in [3.63, 3.8) is 0 Å². The predicted octanol–water partition coefficient (Wildman–Crippen LogP) is 3.86. The van der Waals surface area contributed by atoms with E-state index in [1.807, 2.05) is 59.0 Å². The lowest BCUT2D eigenvalue weighted by Gasteiger charge is -2.35. The molecular formula is C21H32N2O4. The number of rotatable bonds is 4. The molecule has 1 saturated heterocycles. The minimum atomic E-state index is -0.506. The summed E-state index contributed by atoms with van der Waals surface area (Å²) in [6, 6.07) is 7.68. The molecule has 0 bridgehead atoms. The van der Waals surface area contributed by atoms with Crippen LogP contribution in [0.15, 0.2) is 24.3 Å². The van der Waals surface area contributed by atoms with Gasteiger partial charge in [-0.05, 0) is 46.6 Å². The molecule has 0 aliphatic carbocycles. The molecule has 1 aromatic rings. The highest BCUT2D eigenvalue weighted by atomic mass is 16.6. The van der Waals surface area contributed by atoms with Gasteiger partial charge in [-0.1, -0.05) is 18.2 Å². The SMILES string of the molecule is COc1ccccc1[C@@H](C)N(C)C(=O)C1CCN(C(=O)OC(C)(C)C)CC1. The maximum atomic E-state index is 13.0. The Morgan fingerprint density at radius 3 is 2.33 bits per heavy atom. The number of benzene rings is 1. The molecular weight excluding hydrogens is 344 g/mol. The number of para-hydroxylation sites is 1. The van der Waals surface area contributed by atoms with E-state index in [1.54, 1.807) is 16.9 Å². The number of carbonyl (C=O) groups is 2. The van der Waals surface area contributed by atoms with Crippen LogP contribution in [-0.2, 0) is 9.53 Å². The zero-order valence-electron chi connectivity index (χ0n) is 17.3. The van der Waals surface area contributed by atoms with Crippen molar-refractivity contribution in [2.75, 3.05) is 27.2 Å². The van der Waals surface area contributed by atoms with Crippen molar-refractivity contribution in [3.05, 3.63) is 29.8 Å². The van der Waals surface area contributed by atoms with E-state index in [0.29, 0.717) is 25.9 Å². The number of nitrogens with zero attached hydrogens (tertiary/aromatic N) is 2. The Bertz CT molecular complexity index is 660. The van der Waals surface area contributed by atoms with Gasteiger partial charge in [0.2, 0.25) is 5.91 Å². The lowest BCUT2D eigenvalue weighted by Crippen LogP contribution is -2.45. The third kappa shape index (κ3) is 5.37. The quantitative estimate of drug-likeness (QED) is 0.801. The molecule has 1 fully saturated rings. The number of methoxy groups -OCH3 is 1. The highest BCUT2D eigenvalue weighted by molar-refractivity contribution is 5.79. The van der Waals surface area contributed by atoms with E-state index in [2.05, 4.69) is 0 Å². The van der Waals surface area contributed by atoms with Crippen LogP contribution in [0, 0.1) is 5.92 Å². The Morgan fingerprint density at radius 1 is 1.19 bits per heavy atom.